The van der Waals surface area contributed by atoms with Crippen LogP contribution in [0.5, 0.6) is 0 Å². The molecule has 0 spiro atoms. The molecule has 0 radical (unpaired) electrons. The van der Waals surface area contributed by atoms with Crippen LogP contribution in [-0.4, -0.2) is 30.4 Å². The molecule has 2 unspecified atom stereocenters. The van der Waals surface area contributed by atoms with Gasteiger partial charge >= 0.3 is 0 Å². The van der Waals surface area contributed by atoms with Crippen molar-refractivity contribution in [1.29, 1.82) is 5.26 Å². The maximum absolute atomic E-state index is 7.32. The van der Waals surface area contributed by atoms with Gasteiger partial charge in [0.1, 0.15) is 0 Å². The molecule has 156 valence electrons. The van der Waals surface area contributed by atoms with Crippen LogP contribution in [0.25, 0.3) is 0 Å². The molecule has 0 bridgehead atoms. The summed E-state index contributed by atoms with van der Waals surface area (Å²) in [5.41, 5.74) is 4.32. The van der Waals surface area contributed by atoms with Gasteiger partial charge in [-0.3, -0.25) is 0 Å². The molecule has 1 fully saturated rings. The summed E-state index contributed by atoms with van der Waals surface area (Å²) in [6, 6.07) is 21.8. The van der Waals surface area contributed by atoms with Gasteiger partial charge in [-0.15, -0.1) is 11.6 Å². The highest BCUT2D eigenvalue weighted by atomic mass is 35.5. The summed E-state index contributed by atoms with van der Waals surface area (Å²) < 4.78 is 0. The monoisotopic (exact) mass is 410 g/mol. The highest BCUT2D eigenvalue weighted by Gasteiger charge is 2.24. The lowest BCUT2D eigenvalue weighted by atomic mass is 9.83. The minimum Gasteiger partial charge on any atom is -0.306 e. The number of nitriles is 1. The standard InChI is InChI=1S/C24H32ClN.C2H3N/c1-26(19-17-20-8-3-2-4-9-20)18-7-10-21-13-15-22(16-14-21)23-11-5-6-12-24(23)25;1-2-3/h2-4,8-9,13-16,23-24H,5-7,10-12,17-19H2,1H3;1H3. The van der Waals surface area contributed by atoms with E-state index < -0.39 is 0 Å². The molecule has 0 aromatic heterocycles. The fourth-order valence-corrected chi connectivity index (χ4v) is 4.45. The number of alkyl halides is 1. The molecule has 2 aromatic carbocycles. The number of halogens is 1. The summed E-state index contributed by atoms with van der Waals surface area (Å²) in [4.78, 5) is 2.45. The van der Waals surface area contributed by atoms with E-state index in [4.69, 9.17) is 16.9 Å². The van der Waals surface area contributed by atoms with Crippen LogP contribution >= 0.6 is 11.6 Å². The van der Waals surface area contributed by atoms with Gasteiger partial charge in [0.05, 0.1) is 6.07 Å². The molecular weight excluding hydrogens is 376 g/mol. The Kier molecular flexibility index (Phi) is 10.8. The minimum atomic E-state index is 0.327. The van der Waals surface area contributed by atoms with Gasteiger partial charge < -0.3 is 4.90 Å². The number of benzene rings is 2. The first-order valence-electron chi connectivity index (χ1n) is 10.9. The fourth-order valence-electron chi connectivity index (χ4n) is 4.02. The second kappa shape index (κ2) is 13.4. The molecular formula is C26H35ClN2. The Morgan fingerprint density at radius 1 is 0.931 bits per heavy atom. The molecule has 0 saturated heterocycles. The highest BCUT2D eigenvalue weighted by Crippen LogP contribution is 2.36. The van der Waals surface area contributed by atoms with Gasteiger partial charge in [-0.1, -0.05) is 67.4 Å². The average molecular weight is 411 g/mol. The number of nitrogens with zero attached hydrogens (tertiary/aromatic N) is 2. The van der Waals surface area contributed by atoms with Crippen molar-refractivity contribution in [2.45, 2.75) is 63.2 Å². The van der Waals surface area contributed by atoms with Crippen LogP contribution in [0, 0.1) is 11.3 Å². The van der Waals surface area contributed by atoms with Crippen LogP contribution in [0.15, 0.2) is 54.6 Å². The van der Waals surface area contributed by atoms with Crippen LogP contribution < -0.4 is 0 Å². The lowest BCUT2D eigenvalue weighted by molar-refractivity contribution is 0.333. The number of likely N-dealkylation sites (N-methyl/N-ethyl adjacent to an activating group) is 1. The van der Waals surface area contributed by atoms with E-state index in [0.717, 1.165) is 25.9 Å². The second-order valence-corrected chi connectivity index (χ2v) is 8.58. The van der Waals surface area contributed by atoms with Crippen LogP contribution in [0.3, 0.4) is 0 Å². The van der Waals surface area contributed by atoms with E-state index in [1.165, 1.54) is 55.7 Å². The number of hydrogen-bond donors (Lipinski definition) is 0. The summed E-state index contributed by atoms with van der Waals surface area (Å²) in [5.74, 6) is 0.559. The Balaban J connectivity index is 0.000000941. The van der Waals surface area contributed by atoms with Crippen molar-refractivity contribution in [2.75, 3.05) is 20.1 Å². The van der Waals surface area contributed by atoms with Gasteiger partial charge in [-0.2, -0.15) is 5.26 Å². The van der Waals surface area contributed by atoms with E-state index in [9.17, 15) is 0 Å². The predicted molar refractivity (Wildman–Crippen MR) is 125 cm³/mol. The fraction of sp³-hybridized carbons (Fsp3) is 0.500. The third-order valence-electron chi connectivity index (χ3n) is 5.72. The Hall–Kier alpha value is -1.82. The number of rotatable bonds is 8. The summed E-state index contributed by atoms with van der Waals surface area (Å²) >= 11 is 6.54. The van der Waals surface area contributed by atoms with Gasteiger partial charge in [0.25, 0.3) is 0 Å². The van der Waals surface area contributed by atoms with Gasteiger partial charge in [0.15, 0.2) is 0 Å². The van der Waals surface area contributed by atoms with E-state index in [1.807, 2.05) is 0 Å². The highest BCUT2D eigenvalue weighted by molar-refractivity contribution is 6.21. The molecule has 1 aliphatic rings. The molecule has 3 heteroatoms. The topological polar surface area (TPSA) is 27.0 Å². The molecule has 1 saturated carbocycles. The normalized spacial score (nSPS) is 18.6. The quantitative estimate of drug-likeness (QED) is 0.459. The second-order valence-electron chi connectivity index (χ2n) is 8.01. The van der Waals surface area contributed by atoms with Crippen LogP contribution in [0.4, 0.5) is 0 Å². The average Bonchev–Trinajstić information content (AvgIpc) is 2.75. The molecule has 2 atom stereocenters. The number of aryl methyl sites for hydroxylation is 1. The van der Waals surface area contributed by atoms with E-state index in [0.29, 0.717) is 11.3 Å². The lowest BCUT2D eigenvalue weighted by Gasteiger charge is -2.27. The Morgan fingerprint density at radius 2 is 1.55 bits per heavy atom. The van der Waals surface area contributed by atoms with Crippen molar-refractivity contribution >= 4 is 11.6 Å². The molecule has 0 amide bonds. The van der Waals surface area contributed by atoms with Crippen LogP contribution in [-0.2, 0) is 12.8 Å². The summed E-state index contributed by atoms with van der Waals surface area (Å²) in [6.45, 7) is 3.71. The predicted octanol–water partition coefficient (Wildman–Crippen LogP) is 6.59. The van der Waals surface area contributed by atoms with Gasteiger partial charge in [0, 0.05) is 24.8 Å². The molecule has 0 N–H and O–H groups in total. The van der Waals surface area contributed by atoms with Crippen molar-refractivity contribution < 1.29 is 0 Å². The smallest absolute Gasteiger partial charge is 0.0587 e. The SMILES string of the molecule is CC#N.CN(CCCc1ccc(C2CCCCC2Cl)cc1)CCc1ccccc1. The lowest BCUT2D eigenvalue weighted by Crippen LogP contribution is -2.22. The third kappa shape index (κ3) is 8.60. The minimum absolute atomic E-state index is 0.327. The Bertz CT molecular complexity index is 721. The molecule has 0 heterocycles. The van der Waals surface area contributed by atoms with Crippen LogP contribution in [0.1, 0.15) is 61.6 Å². The Morgan fingerprint density at radius 3 is 2.21 bits per heavy atom. The Labute approximate surface area is 182 Å². The summed E-state index contributed by atoms with van der Waals surface area (Å²) in [7, 11) is 2.23. The first-order valence-corrected chi connectivity index (χ1v) is 11.3. The van der Waals surface area contributed by atoms with Crippen molar-refractivity contribution in [1.82, 2.24) is 4.90 Å². The molecule has 2 nitrogen and oxygen atoms in total. The van der Waals surface area contributed by atoms with Crippen molar-refractivity contribution in [2.24, 2.45) is 0 Å². The van der Waals surface area contributed by atoms with E-state index in [1.54, 1.807) is 6.07 Å². The molecule has 3 rings (SSSR count). The molecule has 2 aromatic rings. The molecule has 29 heavy (non-hydrogen) atoms. The van der Waals surface area contributed by atoms with E-state index in [2.05, 4.69) is 66.5 Å². The van der Waals surface area contributed by atoms with Gasteiger partial charge in [-0.05, 0) is 62.4 Å². The molecule has 1 aliphatic carbocycles. The number of hydrogen-bond acceptors (Lipinski definition) is 2. The van der Waals surface area contributed by atoms with E-state index >= 15 is 0 Å². The zero-order chi connectivity index (χ0) is 20.9. The third-order valence-corrected chi connectivity index (χ3v) is 6.24. The maximum atomic E-state index is 7.32. The zero-order valence-electron chi connectivity index (χ0n) is 18.0. The maximum Gasteiger partial charge on any atom is 0.0587 e. The summed E-state index contributed by atoms with van der Waals surface area (Å²) in [5, 5.41) is 7.65. The van der Waals surface area contributed by atoms with Crippen molar-refractivity contribution in [3.05, 3.63) is 71.3 Å². The summed E-state index contributed by atoms with van der Waals surface area (Å²) in [6.07, 6.45) is 8.54. The van der Waals surface area contributed by atoms with Gasteiger partial charge in [0.2, 0.25) is 0 Å². The first kappa shape index (κ1) is 23.5. The van der Waals surface area contributed by atoms with Crippen molar-refractivity contribution in [3.63, 3.8) is 0 Å². The van der Waals surface area contributed by atoms with Crippen LogP contribution in [0.2, 0.25) is 0 Å². The largest absolute Gasteiger partial charge is 0.306 e. The zero-order valence-corrected chi connectivity index (χ0v) is 18.7. The first-order chi connectivity index (χ1) is 14.1. The van der Waals surface area contributed by atoms with E-state index in [-0.39, 0.29) is 0 Å². The van der Waals surface area contributed by atoms with Crippen molar-refractivity contribution in [3.8, 4) is 6.07 Å². The van der Waals surface area contributed by atoms with Gasteiger partial charge in [-0.25, -0.2) is 0 Å². The molecule has 0 aliphatic heterocycles.